The van der Waals surface area contributed by atoms with Crippen LogP contribution in [0.3, 0.4) is 0 Å². The number of likely N-dealkylation sites (N-methyl/N-ethyl adjacent to an activating group) is 1. The van der Waals surface area contributed by atoms with E-state index in [1.165, 1.54) is 17.0 Å². The van der Waals surface area contributed by atoms with E-state index < -0.39 is 29.3 Å². The maximum Gasteiger partial charge on any atom is 0.255 e. The molecule has 11 heteroatoms. The predicted octanol–water partition coefficient (Wildman–Crippen LogP) is 2.95. The summed E-state index contributed by atoms with van der Waals surface area (Å²) in [7, 11) is 1.58. The van der Waals surface area contributed by atoms with Crippen LogP contribution in [-0.4, -0.2) is 80.6 Å². The zero-order chi connectivity index (χ0) is 31.7. The van der Waals surface area contributed by atoms with E-state index in [0.29, 0.717) is 38.2 Å². The molecule has 2 heterocycles. The average Bonchev–Trinajstić information content (AvgIpc) is 3.02. The van der Waals surface area contributed by atoms with Gasteiger partial charge in [-0.25, -0.2) is 4.39 Å². The van der Waals surface area contributed by atoms with Gasteiger partial charge in [-0.1, -0.05) is 38.1 Å². The van der Waals surface area contributed by atoms with Crippen LogP contribution in [0.1, 0.15) is 61.9 Å². The van der Waals surface area contributed by atoms with Gasteiger partial charge in [-0.15, -0.1) is 0 Å². The van der Waals surface area contributed by atoms with Gasteiger partial charge in [0.1, 0.15) is 30.3 Å². The Morgan fingerprint density at radius 1 is 1.09 bits per heavy atom. The second kappa shape index (κ2) is 15.1. The molecule has 4 amide bonds. The molecule has 0 bridgehead atoms. The highest BCUT2D eigenvalue weighted by Gasteiger charge is 2.36. The van der Waals surface area contributed by atoms with Crippen molar-refractivity contribution in [2.45, 2.75) is 63.5 Å². The molecule has 2 aliphatic rings. The summed E-state index contributed by atoms with van der Waals surface area (Å²) in [6, 6.07) is 11.3. The van der Waals surface area contributed by atoms with Crippen LogP contribution in [-0.2, 0) is 24.5 Å². The molecule has 2 aromatic carbocycles. The third-order valence-electron chi connectivity index (χ3n) is 8.41. The number of amides is 4. The van der Waals surface area contributed by atoms with Crippen LogP contribution in [0.25, 0.3) is 0 Å². The van der Waals surface area contributed by atoms with E-state index in [0.717, 1.165) is 5.56 Å². The van der Waals surface area contributed by atoms with Gasteiger partial charge in [-0.05, 0) is 61.4 Å². The van der Waals surface area contributed by atoms with Crippen LogP contribution >= 0.6 is 0 Å². The minimum absolute atomic E-state index is 0.00979. The monoisotopic (exact) mass is 610 g/mol. The Kier molecular flexibility index (Phi) is 11.3. The second-order valence-corrected chi connectivity index (χ2v) is 12.0. The maximum absolute atomic E-state index is 14.2. The lowest BCUT2D eigenvalue weighted by Gasteiger charge is -2.38. The summed E-state index contributed by atoms with van der Waals surface area (Å²) in [6.45, 7) is 5.39. The second-order valence-electron chi connectivity index (χ2n) is 12.0. The molecule has 3 N–H and O–H groups in total. The van der Waals surface area contributed by atoms with E-state index in [1.54, 1.807) is 37.4 Å². The first-order valence-corrected chi connectivity index (χ1v) is 15.3. The van der Waals surface area contributed by atoms with E-state index in [4.69, 9.17) is 9.47 Å². The molecular formula is C33H43FN4O6. The number of carbonyl (C=O) groups is 4. The lowest BCUT2D eigenvalue weighted by Crippen LogP contribution is -2.52. The van der Waals surface area contributed by atoms with E-state index in [-0.39, 0.29) is 61.7 Å². The summed E-state index contributed by atoms with van der Waals surface area (Å²) >= 11 is 0. The molecule has 1 saturated heterocycles. The van der Waals surface area contributed by atoms with Crippen molar-refractivity contribution in [1.82, 2.24) is 20.9 Å². The van der Waals surface area contributed by atoms with Gasteiger partial charge in [0, 0.05) is 38.6 Å². The summed E-state index contributed by atoms with van der Waals surface area (Å²) in [6.07, 6.45) is 1.57. The van der Waals surface area contributed by atoms with Crippen LogP contribution in [0.15, 0.2) is 48.5 Å². The highest BCUT2D eigenvalue weighted by Crippen LogP contribution is 2.34. The van der Waals surface area contributed by atoms with Crippen LogP contribution in [0, 0.1) is 11.7 Å². The molecule has 1 fully saturated rings. The standard InChI is InChI=1S/C33H43FN4O6/c1-22(2)19-27-32(42)35-15-18-44-28-10-5-4-9-25(28)30(40)37-26(11-12-29(39)38(27)3)31(41)36-21-33(13-16-43-17-14-33)23-7-6-8-24(34)20-23/h4-10,20,22,26-27H,11-19,21H2,1-3H3,(H,35,42)(H,36,41)(H,37,40)/t26-,27-/m0/s1. The Labute approximate surface area is 258 Å². The number of benzene rings is 2. The van der Waals surface area contributed by atoms with E-state index in [9.17, 15) is 23.6 Å². The molecule has 0 saturated carbocycles. The molecule has 4 rings (SSSR count). The number of rotatable bonds is 6. The highest BCUT2D eigenvalue weighted by atomic mass is 19.1. The number of hydrogen-bond acceptors (Lipinski definition) is 6. The summed E-state index contributed by atoms with van der Waals surface area (Å²) < 4.78 is 25.6. The third-order valence-corrected chi connectivity index (χ3v) is 8.41. The van der Waals surface area contributed by atoms with Crippen molar-refractivity contribution in [3.63, 3.8) is 0 Å². The number of para-hydroxylation sites is 1. The fraction of sp³-hybridized carbons (Fsp3) is 0.515. The quantitative estimate of drug-likeness (QED) is 0.462. The fourth-order valence-corrected chi connectivity index (χ4v) is 5.77. The highest BCUT2D eigenvalue weighted by molar-refractivity contribution is 5.99. The average molecular weight is 611 g/mol. The first kappa shape index (κ1) is 32.9. The third kappa shape index (κ3) is 8.34. The summed E-state index contributed by atoms with van der Waals surface area (Å²) in [5, 5.41) is 8.64. The van der Waals surface area contributed by atoms with E-state index >= 15 is 0 Å². The van der Waals surface area contributed by atoms with Crippen molar-refractivity contribution < 1.29 is 33.0 Å². The Morgan fingerprint density at radius 3 is 2.57 bits per heavy atom. The Bertz CT molecular complexity index is 1330. The topological polar surface area (TPSA) is 126 Å². The Hall–Kier alpha value is -3.99. The van der Waals surface area contributed by atoms with Gasteiger partial charge in [0.05, 0.1) is 12.1 Å². The Balaban J connectivity index is 1.59. The van der Waals surface area contributed by atoms with Crippen LogP contribution in [0.5, 0.6) is 5.75 Å². The molecule has 2 aromatic rings. The van der Waals surface area contributed by atoms with Crippen molar-refractivity contribution >= 4 is 23.6 Å². The van der Waals surface area contributed by atoms with Gasteiger partial charge in [0.25, 0.3) is 5.91 Å². The first-order chi connectivity index (χ1) is 21.1. The summed E-state index contributed by atoms with van der Waals surface area (Å²) in [5.74, 6) is -1.48. The minimum Gasteiger partial charge on any atom is -0.491 e. The molecule has 2 aliphatic heterocycles. The van der Waals surface area contributed by atoms with Gasteiger partial charge >= 0.3 is 0 Å². The number of ether oxygens (including phenoxy) is 2. The Morgan fingerprint density at radius 2 is 1.84 bits per heavy atom. The molecular weight excluding hydrogens is 567 g/mol. The summed E-state index contributed by atoms with van der Waals surface area (Å²) in [5.41, 5.74) is 0.450. The molecule has 238 valence electrons. The SMILES string of the molecule is CC(C)C[C@H]1C(=O)NCCOc2ccccc2C(=O)N[C@H](C(=O)NCC2(c3cccc(F)c3)CCOCC2)CCC(=O)N1C. The van der Waals surface area contributed by atoms with Gasteiger partial charge in [-0.3, -0.25) is 19.2 Å². The lowest BCUT2D eigenvalue weighted by atomic mass is 9.74. The number of hydrogen-bond donors (Lipinski definition) is 3. The van der Waals surface area contributed by atoms with E-state index in [2.05, 4.69) is 16.0 Å². The lowest BCUT2D eigenvalue weighted by molar-refractivity contribution is -0.139. The minimum atomic E-state index is -1.06. The van der Waals surface area contributed by atoms with Gasteiger partial charge in [0.2, 0.25) is 17.7 Å². The first-order valence-electron chi connectivity index (χ1n) is 15.3. The van der Waals surface area contributed by atoms with Crippen LogP contribution < -0.4 is 20.7 Å². The van der Waals surface area contributed by atoms with Crippen molar-refractivity contribution in [1.29, 1.82) is 0 Å². The number of nitrogens with zero attached hydrogens (tertiary/aromatic N) is 1. The number of nitrogens with one attached hydrogen (secondary N) is 3. The van der Waals surface area contributed by atoms with E-state index in [1.807, 2.05) is 19.9 Å². The predicted molar refractivity (Wildman–Crippen MR) is 163 cm³/mol. The largest absolute Gasteiger partial charge is 0.491 e. The molecule has 0 unspecified atom stereocenters. The molecule has 0 spiro atoms. The number of fused-ring (bicyclic) bond motifs is 1. The molecule has 0 radical (unpaired) electrons. The summed E-state index contributed by atoms with van der Waals surface area (Å²) in [4.78, 5) is 55.0. The molecule has 44 heavy (non-hydrogen) atoms. The van der Waals surface area contributed by atoms with Gasteiger partial charge < -0.3 is 30.3 Å². The fourth-order valence-electron chi connectivity index (χ4n) is 5.77. The van der Waals surface area contributed by atoms with Crippen molar-refractivity contribution in [2.24, 2.45) is 5.92 Å². The van der Waals surface area contributed by atoms with Crippen LogP contribution in [0.2, 0.25) is 0 Å². The number of carbonyl (C=O) groups excluding carboxylic acids is 4. The zero-order valence-electron chi connectivity index (χ0n) is 25.7. The van der Waals surface area contributed by atoms with Gasteiger partial charge in [-0.2, -0.15) is 0 Å². The normalized spacial score (nSPS) is 21.7. The smallest absolute Gasteiger partial charge is 0.255 e. The zero-order valence-corrected chi connectivity index (χ0v) is 25.7. The van der Waals surface area contributed by atoms with Crippen molar-refractivity contribution in [2.75, 3.05) is 40.0 Å². The number of halogens is 1. The van der Waals surface area contributed by atoms with Crippen molar-refractivity contribution in [3.8, 4) is 5.75 Å². The molecule has 0 aliphatic carbocycles. The molecule has 2 atom stereocenters. The maximum atomic E-state index is 14.2. The van der Waals surface area contributed by atoms with Gasteiger partial charge in [0.15, 0.2) is 0 Å². The molecule has 10 nitrogen and oxygen atoms in total. The van der Waals surface area contributed by atoms with Crippen LogP contribution in [0.4, 0.5) is 4.39 Å². The van der Waals surface area contributed by atoms with Crippen molar-refractivity contribution in [3.05, 3.63) is 65.5 Å². The molecule has 0 aromatic heterocycles.